The standard InChI is InChI=1S/C10H15N3O4/c14-8(15)5-7-9(16)11-3-4-13(7)10(17)12-6-1-2-6/h6-7H,1-5H2,(H,11,16)(H,12,17)(H,14,15). The highest BCUT2D eigenvalue weighted by Crippen LogP contribution is 2.20. The van der Waals surface area contributed by atoms with Crippen LogP contribution in [-0.4, -0.2) is 53.1 Å². The van der Waals surface area contributed by atoms with Crippen LogP contribution in [0.5, 0.6) is 0 Å². The fraction of sp³-hybridized carbons (Fsp3) is 0.700. The van der Waals surface area contributed by atoms with E-state index in [-0.39, 0.29) is 18.5 Å². The van der Waals surface area contributed by atoms with Crippen LogP contribution in [0.4, 0.5) is 4.79 Å². The number of piperazine rings is 1. The number of rotatable bonds is 3. The highest BCUT2D eigenvalue weighted by atomic mass is 16.4. The Hall–Kier alpha value is -1.79. The van der Waals surface area contributed by atoms with E-state index in [2.05, 4.69) is 10.6 Å². The molecule has 1 saturated heterocycles. The van der Waals surface area contributed by atoms with Crippen LogP contribution in [0.1, 0.15) is 19.3 Å². The van der Waals surface area contributed by atoms with Crippen molar-refractivity contribution < 1.29 is 19.5 Å². The Kier molecular flexibility index (Phi) is 3.16. The van der Waals surface area contributed by atoms with Crippen molar-refractivity contribution in [3.8, 4) is 0 Å². The van der Waals surface area contributed by atoms with Crippen LogP contribution in [0.3, 0.4) is 0 Å². The van der Waals surface area contributed by atoms with E-state index in [4.69, 9.17) is 5.11 Å². The van der Waals surface area contributed by atoms with Gasteiger partial charge in [0.1, 0.15) is 6.04 Å². The number of carbonyl (C=O) groups excluding carboxylic acids is 2. The van der Waals surface area contributed by atoms with E-state index < -0.39 is 17.9 Å². The number of hydrogen-bond donors (Lipinski definition) is 3. The van der Waals surface area contributed by atoms with Gasteiger partial charge in [0.25, 0.3) is 0 Å². The lowest BCUT2D eigenvalue weighted by Gasteiger charge is -2.34. The zero-order chi connectivity index (χ0) is 12.4. The molecule has 2 rings (SSSR count). The van der Waals surface area contributed by atoms with Gasteiger partial charge >= 0.3 is 12.0 Å². The van der Waals surface area contributed by atoms with Crippen LogP contribution >= 0.6 is 0 Å². The first-order valence-electron chi connectivity index (χ1n) is 5.64. The summed E-state index contributed by atoms with van der Waals surface area (Å²) >= 11 is 0. The zero-order valence-electron chi connectivity index (χ0n) is 9.31. The summed E-state index contributed by atoms with van der Waals surface area (Å²) in [4.78, 5) is 35.4. The van der Waals surface area contributed by atoms with Crippen molar-refractivity contribution in [2.45, 2.75) is 31.3 Å². The molecular formula is C10H15N3O4. The monoisotopic (exact) mass is 241 g/mol. The second kappa shape index (κ2) is 4.60. The van der Waals surface area contributed by atoms with Gasteiger partial charge in [-0.1, -0.05) is 0 Å². The van der Waals surface area contributed by atoms with E-state index in [1.54, 1.807) is 0 Å². The van der Waals surface area contributed by atoms with Crippen LogP contribution in [-0.2, 0) is 9.59 Å². The van der Waals surface area contributed by atoms with Gasteiger partial charge in [0.2, 0.25) is 5.91 Å². The molecule has 94 valence electrons. The van der Waals surface area contributed by atoms with Crippen LogP contribution in [0.15, 0.2) is 0 Å². The van der Waals surface area contributed by atoms with E-state index in [9.17, 15) is 14.4 Å². The Morgan fingerprint density at radius 1 is 1.47 bits per heavy atom. The maximum Gasteiger partial charge on any atom is 0.318 e. The third-order valence-corrected chi connectivity index (χ3v) is 2.86. The van der Waals surface area contributed by atoms with Gasteiger partial charge in [0.15, 0.2) is 0 Å². The van der Waals surface area contributed by atoms with Crippen LogP contribution in [0.2, 0.25) is 0 Å². The molecule has 1 unspecified atom stereocenters. The molecule has 0 aromatic carbocycles. The number of urea groups is 1. The molecule has 3 amide bonds. The first-order valence-corrected chi connectivity index (χ1v) is 5.64. The first-order chi connectivity index (χ1) is 8.08. The van der Waals surface area contributed by atoms with E-state index in [1.165, 1.54) is 4.90 Å². The van der Waals surface area contributed by atoms with Crippen molar-refractivity contribution >= 4 is 17.9 Å². The van der Waals surface area contributed by atoms with Crippen molar-refractivity contribution in [2.75, 3.05) is 13.1 Å². The minimum Gasteiger partial charge on any atom is -0.481 e. The van der Waals surface area contributed by atoms with Crippen molar-refractivity contribution in [3.05, 3.63) is 0 Å². The molecule has 0 aromatic heterocycles. The number of nitrogens with one attached hydrogen (secondary N) is 2. The number of carboxylic acid groups (broad SMARTS) is 1. The predicted octanol–water partition coefficient (Wildman–Crippen LogP) is -0.866. The molecule has 1 heterocycles. The lowest BCUT2D eigenvalue weighted by atomic mass is 10.1. The van der Waals surface area contributed by atoms with Crippen molar-refractivity contribution in [1.82, 2.24) is 15.5 Å². The quantitative estimate of drug-likeness (QED) is 0.598. The number of carboxylic acids is 1. The van der Waals surface area contributed by atoms with Gasteiger partial charge in [0, 0.05) is 19.1 Å². The van der Waals surface area contributed by atoms with E-state index in [1.807, 2.05) is 0 Å². The highest BCUT2D eigenvalue weighted by molar-refractivity contribution is 5.91. The molecule has 0 spiro atoms. The molecule has 17 heavy (non-hydrogen) atoms. The van der Waals surface area contributed by atoms with Gasteiger partial charge in [-0.05, 0) is 12.8 Å². The number of nitrogens with zero attached hydrogens (tertiary/aromatic N) is 1. The lowest BCUT2D eigenvalue weighted by molar-refractivity contribution is -0.142. The smallest absolute Gasteiger partial charge is 0.318 e. The first kappa shape index (κ1) is 11.7. The number of hydrogen-bond acceptors (Lipinski definition) is 3. The van der Waals surface area contributed by atoms with Crippen molar-refractivity contribution in [3.63, 3.8) is 0 Å². The van der Waals surface area contributed by atoms with Crippen LogP contribution in [0.25, 0.3) is 0 Å². The Balaban J connectivity index is 2.01. The van der Waals surface area contributed by atoms with Gasteiger partial charge < -0.3 is 20.6 Å². The molecule has 1 saturated carbocycles. The SMILES string of the molecule is O=C(O)CC1C(=O)NCCN1C(=O)NC1CC1. The second-order valence-electron chi connectivity index (χ2n) is 4.32. The van der Waals surface area contributed by atoms with Crippen LogP contribution < -0.4 is 10.6 Å². The zero-order valence-corrected chi connectivity index (χ0v) is 9.31. The van der Waals surface area contributed by atoms with Crippen molar-refractivity contribution in [1.29, 1.82) is 0 Å². The summed E-state index contributed by atoms with van der Waals surface area (Å²) in [5.74, 6) is -1.49. The minimum absolute atomic E-state index is 0.193. The largest absolute Gasteiger partial charge is 0.481 e. The Labute approximate surface area is 98.2 Å². The molecule has 2 aliphatic rings. The molecular weight excluding hydrogens is 226 g/mol. The molecule has 0 aromatic rings. The Bertz CT molecular complexity index is 353. The van der Waals surface area contributed by atoms with Gasteiger partial charge in [-0.3, -0.25) is 9.59 Å². The summed E-state index contributed by atoms with van der Waals surface area (Å²) in [5.41, 5.74) is 0. The molecule has 2 fully saturated rings. The van der Waals surface area contributed by atoms with E-state index in [0.717, 1.165) is 12.8 Å². The van der Waals surface area contributed by atoms with Gasteiger partial charge in [-0.2, -0.15) is 0 Å². The maximum atomic E-state index is 11.8. The third-order valence-electron chi connectivity index (χ3n) is 2.86. The molecule has 3 N–H and O–H groups in total. The summed E-state index contributed by atoms with van der Waals surface area (Å²) in [6.07, 6.45) is 1.55. The molecule has 1 aliphatic heterocycles. The Morgan fingerprint density at radius 2 is 2.18 bits per heavy atom. The van der Waals surface area contributed by atoms with Gasteiger partial charge in [-0.15, -0.1) is 0 Å². The number of amides is 3. The summed E-state index contributed by atoms with van der Waals surface area (Å²) in [7, 11) is 0. The average Bonchev–Trinajstić information content (AvgIpc) is 3.04. The van der Waals surface area contributed by atoms with Gasteiger partial charge in [-0.25, -0.2) is 4.79 Å². The number of aliphatic carboxylic acids is 1. The molecule has 1 aliphatic carbocycles. The molecule has 7 nitrogen and oxygen atoms in total. The maximum absolute atomic E-state index is 11.8. The summed E-state index contributed by atoms with van der Waals surface area (Å²) in [5, 5.41) is 14.1. The Morgan fingerprint density at radius 3 is 2.76 bits per heavy atom. The highest BCUT2D eigenvalue weighted by Gasteiger charge is 2.36. The second-order valence-corrected chi connectivity index (χ2v) is 4.32. The molecule has 1 atom stereocenters. The molecule has 7 heteroatoms. The fourth-order valence-electron chi connectivity index (χ4n) is 1.81. The van der Waals surface area contributed by atoms with Crippen molar-refractivity contribution in [2.24, 2.45) is 0 Å². The predicted molar refractivity (Wildman–Crippen MR) is 57.3 cm³/mol. The fourth-order valence-corrected chi connectivity index (χ4v) is 1.81. The summed E-state index contributed by atoms with van der Waals surface area (Å²) in [6.45, 7) is 0.718. The summed E-state index contributed by atoms with van der Waals surface area (Å²) in [6, 6.07) is -1.05. The van der Waals surface area contributed by atoms with E-state index >= 15 is 0 Å². The third kappa shape index (κ3) is 2.86. The number of carbonyl (C=O) groups is 3. The van der Waals surface area contributed by atoms with E-state index in [0.29, 0.717) is 13.1 Å². The average molecular weight is 241 g/mol. The lowest BCUT2D eigenvalue weighted by Crippen LogP contribution is -2.60. The summed E-state index contributed by atoms with van der Waals surface area (Å²) < 4.78 is 0. The van der Waals surface area contributed by atoms with Gasteiger partial charge in [0.05, 0.1) is 6.42 Å². The topological polar surface area (TPSA) is 98.7 Å². The minimum atomic E-state index is -1.09. The van der Waals surface area contributed by atoms with Crippen LogP contribution in [0, 0.1) is 0 Å². The molecule has 0 radical (unpaired) electrons. The normalized spacial score (nSPS) is 24.1. The molecule has 0 bridgehead atoms.